The molecular formula is C14H20N2O2S. The number of carbonyl (C=O) groups is 1. The Morgan fingerprint density at radius 3 is 2.63 bits per heavy atom. The highest BCUT2D eigenvalue weighted by Gasteiger charge is 2.10. The van der Waals surface area contributed by atoms with Gasteiger partial charge >= 0.3 is 0 Å². The van der Waals surface area contributed by atoms with Crippen molar-refractivity contribution >= 4 is 18.5 Å². The smallest absolute Gasteiger partial charge is 0.224 e. The van der Waals surface area contributed by atoms with Crippen molar-refractivity contribution in [1.82, 2.24) is 10.2 Å². The number of thiol groups is 1. The molecule has 104 valence electrons. The fourth-order valence-corrected chi connectivity index (χ4v) is 2.19. The molecule has 0 unspecified atom stereocenters. The lowest BCUT2D eigenvalue weighted by molar-refractivity contribution is -0.120. The van der Waals surface area contributed by atoms with Crippen LogP contribution in [0.1, 0.15) is 5.56 Å². The average molecular weight is 280 g/mol. The standard InChI is InChI=1S/C14H20N2O2S/c17-14(11-12-1-3-13(19)4-2-12)15-5-6-16-7-9-18-10-8-16/h1-4,19H,5-11H2,(H,15,17). The van der Waals surface area contributed by atoms with E-state index in [9.17, 15) is 4.79 Å². The highest BCUT2D eigenvalue weighted by molar-refractivity contribution is 7.80. The van der Waals surface area contributed by atoms with Crippen LogP contribution in [0, 0.1) is 0 Å². The van der Waals surface area contributed by atoms with Crippen LogP contribution in [0.25, 0.3) is 0 Å². The van der Waals surface area contributed by atoms with Crippen molar-refractivity contribution in [2.75, 3.05) is 39.4 Å². The van der Waals surface area contributed by atoms with Gasteiger partial charge in [0.05, 0.1) is 19.6 Å². The zero-order valence-corrected chi connectivity index (χ0v) is 11.9. The van der Waals surface area contributed by atoms with Crippen molar-refractivity contribution in [3.05, 3.63) is 29.8 Å². The topological polar surface area (TPSA) is 41.6 Å². The molecule has 1 N–H and O–H groups in total. The number of hydrogen-bond acceptors (Lipinski definition) is 4. The van der Waals surface area contributed by atoms with E-state index in [0.717, 1.165) is 43.3 Å². The summed E-state index contributed by atoms with van der Waals surface area (Å²) in [7, 11) is 0. The van der Waals surface area contributed by atoms with Gasteiger partial charge in [-0.05, 0) is 17.7 Å². The number of benzene rings is 1. The number of morpholine rings is 1. The zero-order chi connectivity index (χ0) is 13.5. The molecule has 1 aliphatic rings. The summed E-state index contributed by atoms with van der Waals surface area (Å²) in [6, 6.07) is 7.67. The molecule has 5 heteroatoms. The first-order valence-corrected chi connectivity index (χ1v) is 7.03. The highest BCUT2D eigenvalue weighted by atomic mass is 32.1. The van der Waals surface area contributed by atoms with Crippen molar-refractivity contribution in [2.45, 2.75) is 11.3 Å². The van der Waals surface area contributed by atoms with Gasteiger partial charge in [-0.15, -0.1) is 12.6 Å². The Hall–Kier alpha value is -1.04. The SMILES string of the molecule is O=C(Cc1ccc(S)cc1)NCCN1CCOCC1. The first-order chi connectivity index (χ1) is 9.24. The van der Waals surface area contributed by atoms with Crippen LogP contribution < -0.4 is 5.32 Å². The van der Waals surface area contributed by atoms with E-state index in [1.165, 1.54) is 0 Å². The van der Waals surface area contributed by atoms with Crippen LogP contribution >= 0.6 is 12.6 Å². The van der Waals surface area contributed by atoms with Crippen LogP contribution in [0.2, 0.25) is 0 Å². The Bertz CT molecular complexity index is 402. The molecule has 2 rings (SSSR count). The van der Waals surface area contributed by atoms with Crippen molar-refractivity contribution in [1.29, 1.82) is 0 Å². The van der Waals surface area contributed by atoms with Gasteiger partial charge in [-0.2, -0.15) is 0 Å². The quantitative estimate of drug-likeness (QED) is 0.790. The lowest BCUT2D eigenvalue weighted by atomic mass is 10.1. The number of amides is 1. The summed E-state index contributed by atoms with van der Waals surface area (Å²) in [6.45, 7) is 5.10. The van der Waals surface area contributed by atoms with Gasteiger partial charge in [0.15, 0.2) is 0 Å². The zero-order valence-electron chi connectivity index (χ0n) is 11.0. The molecule has 1 heterocycles. The molecule has 0 saturated carbocycles. The monoisotopic (exact) mass is 280 g/mol. The number of ether oxygens (including phenoxy) is 1. The van der Waals surface area contributed by atoms with E-state index in [-0.39, 0.29) is 5.91 Å². The van der Waals surface area contributed by atoms with Crippen LogP contribution in [0.4, 0.5) is 0 Å². The second-order valence-corrected chi connectivity index (χ2v) is 5.16. The van der Waals surface area contributed by atoms with E-state index in [1.807, 2.05) is 24.3 Å². The van der Waals surface area contributed by atoms with Crippen molar-refractivity contribution in [2.24, 2.45) is 0 Å². The van der Waals surface area contributed by atoms with Gasteiger partial charge in [0, 0.05) is 31.1 Å². The number of carbonyl (C=O) groups excluding carboxylic acids is 1. The largest absolute Gasteiger partial charge is 0.379 e. The molecule has 0 spiro atoms. The summed E-state index contributed by atoms with van der Waals surface area (Å²) in [4.78, 5) is 15.0. The van der Waals surface area contributed by atoms with Gasteiger partial charge in [-0.1, -0.05) is 12.1 Å². The maximum atomic E-state index is 11.8. The van der Waals surface area contributed by atoms with E-state index in [2.05, 4.69) is 22.8 Å². The van der Waals surface area contributed by atoms with E-state index in [0.29, 0.717) is 13.0 Å². The molecule has 1 aliphatic heterocycles. The fraction of sp³-hybridized carbons (Fsp3) is 0.500. The minimum atomic E-state index is 0.0696. The van der Waals surface area contributed by atoms with Crippen LogP contribution in [0.3, 0.4) is 0 Å². The van der Waals surface area contributed by atoms with Crippen LogP contribution in [-0.4, -0.2) is 50.2 Å². The molecule has 0 aliphatic carbocycles. The molecule has 0 radical (unpaired) electrons. The third-order valence-corrected chi connectivity index (χ3v) is 3.45. The molecule has 19 heavy (non-hydrogen) atoms. The van der Waals surface area contributed by atoms with Crippen molar-refractivity contribution < 1.29 is 9.53 Å². The molecule has 1 aromatic rings. The van der Waals surface area contributed by atoms with Gasteiger partial charge < -0.3 is 10.1 Å². The summed E-state index contributed by atoms with van der Waals surface area (Å²) in [6.07, 6.45) is 0.428. The van der Waals surface area contributed by atoms with Gasteiger partial charge in [0.2, 0.25) is 5.91 Å². The number of rotatable bonds is 5. The van der Waals surface area contributed by atoms with Crippen LogP contribution in [0.15, 0.2) is 29.2 Å². The number of nitrogens with zero attached hydrogens (tertiary/aromatic N) is 1. The van der Waals surface area contributed by atoms with Gasteiger partial charge in [0.1, 0.15) is 0 Å². The maximum Gasteiger partial charge on any atom is 0.224 e. The molecule has 1 saturated heterocycles. The minimum Gasteiger partial charge on any atom is -0.379 e. The maximum absolute atomic E-state index is 11.8. The minimum absolute atomic E-state index is 0.0696. The van der Waals surface area contributed by atoms with Crippen molar-refractivity contribution in [3.63, 3.8) is 0 Å². The van der Waals surface area contributed by atoms with Crippen molar-refractivity contribution in [3.8, 4) is 0 Å². The Morgan fingerprint density at radius 1 is 1.26 bits per heavy atom. The summed E-state index contributed by atoms with van der Waals surface area (Å²) in [5, 5.41) is 2.95. The lowest BCUT2D eigenvalue weighted by Gasteiger charge is -2.26. The predicted molar refractivity (Wildman–Crippen MR) is 77.7 cm³/mol. The van der Waals surface area contributed by atoms with Gasteiger partial charge in [0.25, 0.3) is 0 Å². The summed E-state index contributed by atoms with van der Waals surface area (Å²) in [5.74, 6) is 0.0696. The highest BCUT2D eigenvalue weighted by Crippen LogP contribution is 2.08. The van der Waals surface area contributed by atoms with Gasteiger partial charge in [-0.25, -0.2) is 0 Å². The van der Waals surface area contributed by atoms with E-state index < -0.39 is 0 Å². The molecule has 1 amide bonds. The third-order valence-electron chi connectivity index (χ3n) is 3.15. The summed E-state index contributed by atoms with van der Waals surface area (Å²) >= 11 is 4.22. The Morgan fingerprint density at radius 2 is 1.95 bits per heavy atom. The van der Waals surface area contributed by atoms with E-state index >= 15 is 0 Å². The molecule has 1 aromatic carbocycles. The van der Waals surface area contributed by atoms with E-state index in [1.54, 1.807) is 0 Å². The molecular weight excluding hydrogens is 260 g/mol. The molecule has 0 aromatic heterocycles. The normalized spacial score (nSPS) is 16.3. The molecule has 1 fully saturated rings. The Labute approximate surface area is 119 Å². The molecule has 0 bridgehead atoms. The number of hydrogen-bond donors (Lipinski definition) is 2. The van der Waals surface area contributed by atoms with Crippen LogP contribution in [0.5, 0.6) is 0 Å². The first kappa shape index (κ1) is 14.4. The van der Waals surface area contributed by atoms with Crippen LogP contribution in [-0.2, 0) is 16.0 Å². The summed E-state index contributed by atoms with van der Waals surface area (Å²) in [5.41, 5.74) is 1.02. The Balaban J connectivity index is 1.65. The molecule has 0 atom stereocenters. The second-order valence-electron chi connectivity index (χ2n) is 4.65. The Kier molecular flexibility index (Phi) is 5.69. The van der Waals surface area contributed by atoms with Gasteiger partial charge in [-0.3, -0.25) is 9.69 Å². The van der Waals surface area contributed by atoms with E-state index in [4.69, 9.17) is 4.74 Å². The first-order valence-electron chi connectivity index (χ1n) is 6.59. The lowest BCUT2D eigenvalue weighted by Crippen LogP contribution is -2.41. The predicted octanol–water partition coefficient (Wildman–Crippen LogP) is 0.966. The molecule has 4 nitrogen and oxygen atoms in total. The third kappa shape index (κ3) is 5.22. The number of nitrogens with one attached hydrogen (secondary N) is 1. The fourth-order valence-electron chi connectivity index (χ4n) is 2.04. The summed E-state index contributed by atoms with van der Waals surface area (Å²) < 4.78 is 5.28. The average Bonchev–Trinajstić information content (AvgIpc) is 2.43. The second kappa shape index (κ2) is 7.53.